The zero-order chi connectivity index (χ0) is 16.8. The Hall–Kier alpha value is -2.55. The van der Waals surface area contributed by atoms with E-state index in [2.05, 4.69) is 21.0 Å². The van der Waals surface area contributed by atoms with Crippen LogP contribution in [0.3, 0.4) is 0 Å². The molecule has 2 amide bonds. The van der Waals surface area contributed by atoms with Crippen LogP contribution in [-0.2, 0) is 9.59 Å². The summed E-state index contributed by atoms with van der Waals surface area (Å²) in [5, 5.41) is 17.2. The highest BCUT2D eigenvalue weighted by Gasteiger charge is 2.12. The van der Waals surface area contributed by atoms with Gasteiger partial charge in [-0.3, -0.25) is 20.4 Å². The van der Waals surface area contributed by atoms with Gasteiger partial charge < -0.3 is 9.52 Å². The first kappa shape index (κ1) is 16.8. The summed E-state index contributed by atoms with van der Waals surface area (Å²) in [6.45, 7) is 3.44. The Morgan fingerprint density at radius 2 is 1.91 bits per heavy atom. The summed E-state index contributed by atoms with van der Waals surface area (Å²) in [7, 11) is 0. The second-order valence-electron chi connectivity index (χ2n) is 4.90. The SMILES string of the molecule is CC(C)C(=O)NNC(=O)CSc1nnc(-c2ccc(O)cc2)o1. The quantitative estimate of drug-likeness (QED) is 0.557. The van der Waals surface area contributed by atoms with Crippen LogP contribution in [0.2, 0.25) is 0 Å². The number of thioether (sulfide) groups is 1. The molecule has 0 aliphatic carbocycles. The van der Waals surface area contributed by atoms with Crippen molar-refractivity contribution in [1.82, 2.24) is 21.0 Å². The molecule has 0 aliphatic rings. The number of hydrogen-bond acceptors (Lipinski definition) is 7. The minimum atomic E-state index is -0.381. The number of phenols is 1. The Balaban J connectivity index is 1.84. The lowest BCUT2D eigenvalue weighted by Gasteiger charge is -2.08. The Morgan fingerprint density at radius 1 is 1.22 bits per heavy atom. The maximum absolute atomic E-state index is 11.6. The Kier molecular flexibility index (Phi) is 5.58. The van der Waals surface area contributed by atoms with Crippen LogP contribution >= 0.6 is 11.8 Å². The van der Waals surface area contributed by atoms with Crippen LogP contribution in [0.5, 0.6) is 5.75 Å². The van der Waals surface area contributed by atoms with E-state index in [0.29, 0.717) is 11.5 Å². The molecule has 3 N–H and O–H groups in total. The number of nitrogens with one attached hydrogen (secondary N) is 2. The number of hydrazine groups is 1. The minimum Gasteiger partial charge on any atom is -0.508 e. The van der Waals surface area contributed by atoms with E-state index in [1.807, 2.05) is 0 Å². The summed E-state index contributed by atoms with van der Waals surface area (Å²) < 4.78 is 5.42. The second-order valence-corrected chi connectivity index (χ2v) is 5.83. The number of carbonyl (C=O) groups excluding carboxylic acids is 2. The van der Waals surface area contributed by atoms with Gasteiger partial charge in [-0.1, -0.05) is 25.6 Å². The second kappa shape index (κ2) is 7.63. The van der Waals surface area contributed by atoms with Gasteiger partial charge in [-0.2, -0.15) is 0 Å². The number of amides is 2. The molecule has 0 saturated heterocycles. The summed E-state index contributed by atoms with van der Waals surface area (Å²) in [6, 6.07) is 6.31. The van der Waals surface area contributed by atoms with Crippen molar-refractivity contribution in [2.45, 2.75) is 19.1 Å². The Morgan fingerprint density at radius 3 is 2.57 bits per heavy atom. The third kappa shape index (κ3) is 4.99. The van der Waals surface area contributed by atoms with E-state index in [-0.39, 0.29) is 34.5 Å². The number of benzene rings is 1. The highest BCUT2D eigenvalue weighted by molar-refractivity contribution is 7.99. The van der Waals surface area contributed by atoms with E-state index in [4.69, 9.17) is 4.42 Å². The molecule has 122 valence electrons. The molecule has 0 atom stereocenters. The van der Waals surface area contributed by atoms with Gasteiger partial charge in [0, 0.05) is 11.5 Å². The highest BCUT2D eigenvalue weighted by Crippen LogP contribution is 2.24. The molecular weight excluding hydrogens is 320 g/mol. The zero-order valence-corrected chi connectivity index (χ0v) is 13.4. The molecular formula is C14H16N4O4S. The summed E-state index contributed by atoms with van der Waals surface area (Å²) in [5.41, 5.74) is 5.28. The van der Waals surface area contributed by atoms with Crippen LogP contribution in [-0.4, -0.2) is 32.9 Å². The van der Waals surface area contributed by atoms with Crippen LogP contribution in [0.4, 0.5) is 0 Å². The predicted octanol–water partition coefficient (Wildman–Crippen LogP) is 1.34. The molecule has 0 unspecified atom stereocenters. The van der Waals surface area contributed by atoms with Gasteiger partial charge in [0.25, 0.3) is 5.22 Å². The van der Waals surface area contributed by atoms with Crippen molar-refractivity contribution in [3.63, 3.8) is 0 Å². The van der Waals surface area contributed by atoms with Crippen molar-refractivity contribution in [2.75, 3.05) is 5.75 Å². The fourth-order valence-electron chi connectivity index (χ4n) is 1.43. The predicted molar refractivity (Wildman–Crippen MR) is 83.2 cm³/mol. The standard InChI is InChI=1S/C14H16N4O4S/c1-8(2)12(21)16-15-11(20)7-23-14-18-17-13(22-14)9-3-5-10(19)6-4-9/h3-6,8,19H,7H2,1-2H3,(H,15,20)(H,16,21). The molecule has 2 aromatic rings. The molecule has 9 heteroatoms. The molecule has 1 heterocycles. The lowest BCUT2D eigenvalue weighted by molar-refractivity contribution is -0.129. The van der Waals surface area contributed by atoms with Gasteiger partial charge >= 0.3 is 0 Å². The average Bonchev–Trinajstić information content (AvgIpc) is 3.00. The van der Waals surface area contributed by atoms with Crippen molar-refractivity contribution in [1.29, 1.82) is 0 Å². The van der Waals surface area contributed by atoms with E-state index in [0.717, 1.165) is 11.8 Å². The summed E-state index contributed by atoms with van der Waals surface area (Å²) in [4.78, 5) is 22.9. The van der Waals surface area contributed by atoms with Gasteiger partial charge in [0.05, 0.1) is 5.75 Å². The molecule has 0 fully saturated rings. The zero-order valence-electron chi connectivity index (χ0n) is 12.6. The molecule has 0 spiro atoms. The average molecular weight is 336 g/mol. The van der Waals surface area contributed by atoms with Crippen LogP contribution < -0.4 is 10.9 Å². The molecule has 0 aliphatic heterocycles. The first-order chi connectivity index (χ1) is 11.0. The fraction of sp³-hybridized carbons (Fsp3) is 0.286. The van der Waals surface area contributed by atoms with Gasteiger partial charge in [0.2, 0.25) is 17.7 Å². The maximum Gasteiger partial charge on any atom is 0.277 e. The third-order valence-electron chi connectivity index (χ3n) is 2.70. The molecule has 8 nitrogen and oxygen atoms in total. The van der Waals surface area contributed by atoms with Crippen molar-refractivity contribution in [3.8, 4) is 17.2 Å². The lowest BCUT2D eigenvalue weighted by atomic mass is 10.2. The molecule has 1 aromatic carbocycles. The number of nitrogens with zero attached hydrogens (tertiary/aromatic N) is 2. The van der Waals surface area contributed by atoms with E-state index in [1.165, 1.54) is 12.1 Å². The van der Waals surface area contributed by atoms with Crippen LogP contribution in [0.1, 0.15) is 13.8 Å². The van der Waals surface area contributed by atoms with E-state index >= 15 is 0 Å². The molecule has 0 saturated carbocycles. The van der Waals surface area contributed by atoms with Gasteiger partial charge in [0.1, 0.15) is 5.75 Å². The van der Waals surface area contributed by atoms with Crippen molar-refractivity contribution in [2.24, 2.45) is 5.92 Å². The maximum atomic E-state index is 11.6. The Labute approximate surface area is 136 Å². The Bertz CT molecular complexity index is 684. The molecule has 23 heavy (non-hydrogen) atoms. The molecule has 1 aromatic heterocycles. The van der Waals surface area contributed by atoms with Gasteiger partial charge in [-0.05, 0) is 24.3 Å². The van der Waals surface area contributed by atoms with Crippen molar-refractivity contribution in [3.05, 3.63) is 24.3 Å². The summed E-state index contributed by atoms with van der Waals surface area (Å²) in [6.07, 6.45) is 0. The monoisotopic (exact) mass is 336 g/mol. The number of carbonyl (C=O) groups is 2. The summed E-state index contributed by atoms with van der Waals surface area (Å²) >= 11 is 1.05. The van der Waals surface area contributed by atoms with Crippen LogP contribution in [0, 0.1) is 5.92 Å². The van der Waals surface area contributed by atoms with Gasteiger partial charge in [-0.15, -0.1) is 10.2 Å². The highest BCUT2D eigenvalue weighted by atomic mass is 32.2. The molecule has 2 rings (SSSR count). The first-order valence-electron chi connectivity index (χ1n) is 6.80. The van der Waals surface area contributed by atoms with Crippen molar-refractivity contribution < 1.29 is 19.1 Å². The largest absolute Gasteiger partial charge is 0.508 e. The minimum absolute atomic E-state index is 0.0234. The van der Waals surface area contributed by atoms with Gasteiger partial charge in [0.15, 0.2) is 0 Å². The number of rotatable bonds is 5. The summed E-state index contributed by atoms with van der Waals surface area (Å²) in [5.74, 6) is -0.407. The number of phenolic OH excluding ortho intramolecular Hbond substituents is 1. The normalized spacial score (nSPS) is 10.6. The smallest absolute Gasteiger partial charge is 0.277 e. The van der Waals surface area contributed by atoms with Gasteiger partial charge in [-0.25, -0.2) is 0 Å². The third-order valence-corrected chi connectivity index (χ3v) is 3.52. The number of aromatic hydroxyl groups is 1. The fourth-order valence-corrected chi connectivity index (χ4v) is 1.99. The number of hydrogen-bond donors (Lipinski definition) is 3. The lowest BCUT2D eigenvalue weighted by Crippen LogP contribution is -2.44. The van der Waals surface area contributed by atoms with Crippen LogP contribution in [0.15, 0.2) is 33.9 Å². The molecule has 0 bridgehead atoms. The molecule has 0 radical (unpaired) electrons. The first-order valence-corrected chi connectivity index (χ1v) is 7.78. The van der Waals surface area contributed by atoms with Crippen LogP contribution in [0.25, 0.3) is 11.5 Å². The van der Waals surface area contributed by atoms with E-state index in [1.54, 1.807) is 26.0 Å². The number of aromatic nitrogens is 2. The van der Waals surface area contributed by atoms with Crippen molar-refractivity contribution >= 4 is 23.6 Å². The van der Waals surface area contributed by atoms with E-state index < -0.39 is 0 Å². The topological polar surface area (TPSA) is 117 Å². The van der Waals surface area contributed by atoms with E-state index in [9.17, 15) is 14.7 Å².